The fourth-order valence-electron chi connectivity index (χ4n) is 2.43. The zero-order chi connectivity index (χ0) is 17.8. The summed E-state index contributed by atoms with van der Waals surface area (Å²) in [6, 6.07) is 11.5. The van der Waals surface area contributed by atoms with E-state index in [1.165, 1.54) is 16.6 Å². The molecule has 1 aliphatic rings. The number of hydrogen-bond acceptors (Lipinski definition) is 4. The molecule has 1 fully saturated rings. The zero-order valence-electron chi connectivity index (χ0n) is 14.2. The van der Waals surface area contributed by atoms with Crippen LogP contribution in [0.1, 0.15) is 30.0 Å². The normalized spacial score (nSPS) is 17.9. The molecule has 0 aliphatic carbocycles. The molecule has 1 aromatic carbocycles. The Kier molecular flexibility index (Phi) is 5.99. The number of aryl methyl sites for hydroxylation is 1. The first-order valence-corrected chi connectivity index (χ1v) is 10.3. The van der Waals surface area contributed by atoms with Gasteiger partial charge in [-0.05, 0) is 67.1 Å². The second-order valence-corrected chi connectivity index (χ2v) is 8.24. The molecule has 25 heavy (non-hydrogen) atoms. The van der Waals surface area contributed by atoms with Gasteiger partial charge in [0, 0.05) is 21.3 Å². The Morgan fingerprint density at radius 1 is 1.16 bits per heavy atom. The van der Waals surface area contributed by atoms with Crippen LogP contribution in [0.3, 0.4) is 0 Å². The van der Waals surface area contributed by atoms with Crippen LogP contribution >= 0.6 is 34.7 Å². The van der Waals surface area contributed by atoms with Gasteiger partial charge >= 0.3 is 0 Å². The minimum Gasteiger partial charge on any atom is -0.286 e. The van der Waals surface area contributed by atoms with E-state index in [0.29, 0.717) is 11.6 Å². The Balaban J connectivity index is 1.90. The lowest BCUT2D eigenvalue weighted by atomic mass is 10.3. The van der Waals surface area contributed by atoms with Gasteiger partial charge in [-0.1, -0.05) is 25.4 Å². The number of aliphatic imine (C=N–C) groups is 1. The summed E-state index contributed by atoms with van der Waals surface area (Å²) in [6.07, 6.45) is 3.88. The van der Waals surface area contributed by atoms with Crippen LogP contribution in [-0.2, 0) is 11.2 Å². The lowest BCUT2D eigenvalue weighted by molar-refractivity contribution is -0.122. The number of nitrogens with zero attached hydrogens (tertiary/aromatic N) is 2. The zero-order valence-corrected chi connectivity index (χ0v) is 16.5. The van der Waals surface area contributed by atoms with E-state index >= 15 is 0 Å². The molecular weight excluding hydrogens is 372 g/mol. The molecule has 1 aliphatic heterocycles. The molecule has 2 aromatic rings. The predicted octanol–water partition coefficient (Wildman–Crippen LogP) is 5.98. The first kappa shape index (κ1) is 18.2. The molecule has 0 saturated carbocycles. The Labute approximate surface area is 161 Å². The molecule has 6 heteroatoms. The quantitative estimate of drug-likeness (QED) is 0.588. The van der Waals surface area contributed by atoms with Crippen LogP contribution < -0.4 is 0 Å². The van der Waals surface area contributed by atoms with Crippen molar-refractivity contribution in [3.63, 3.8) is 0 Å². The first-order valence-electron chi connectivity index (χ1n) is 8.25. The van der Waals surface area contributed by atoms with Crippen molar-refractivity contribution in [2.75, 3.05) is 6.54 Å². The molecule has 0 N–H and O–H groups in total. The third-order valence-electron chi connectivity index (χ3n) is 3.69. The summed E-state index contributed by atoms with van der Waals surface area (Å²) in [5.74, 6) is 0.0333. The number of thiophene rings is 1. The molecule has 0 atom stereocenters. The molecule has 1 saturated heterocycles. The summed E-state index contributed by atoms with van der Waals surface area (Å²) in [5.41, 5.74) is 0.798. The molecule has 0 bridgehead atoms. The standard InChI is InChI=1S/C19H19ClN2OS2/c1-3-11-22-18(23)17(12-16-10-9-15(4-2)24-16)25-19(22)21-14-7-5-13(20)6-8-14/h5-10,12H,3-4,11H2,1-2H3/b17-12-,21-19?. The molecule has 1 amide bonds. The van der Waals surface area contributed by atoms with Gasteiger partial charge < -0.3 is 0 Å². The van der Waals surface area contributed by atoms with Crippen molar-refractivity contribution < 1.29 is 4.79 Å². The highest BCUT2D eigenvalue weighted by Gasteiger charge is 2.32. The monoisotopic (exact) mass is 390 g/mol. The van der Waals surface area contributed by atoms with E-state index < -0.39 is 0 Å². The number of amidine groups is 1. The summed E-state index contributed by atoms with van der Waals surface area (Å²) >= 11 is 9.10. The van der Waals surface area contributed by atoms with E-state index in [0.717, 1.165) is 33.5 Å². The molecule has 0 spiro atoms. The van der Waals surface area contributed by atoms with Crippen LogP contribution in [0.25, 0.3) is 6.08 Å². The number of carbonyl (C=O) groups is 1. The van der Waals surface area contributed by atoms with Gasteiger partial charge in [0.25, 0.3) is 5.91 Å². The van der Waals surface area contributed by atoms with Gasteiger partial charge in [0.05, 0.1) is 10.6 Å². The Hall–Kier alpha value is -1.56. The van der Waals surface area contributed by atoms with E-state index in [-0.39, 0.29) is 5.91 Å². The van der Waals surface area contributed by atoms with Crippen LogP contribution in [0, 0.1) is 0 Å². The van der Waals surface area contributed by atoms with Gasteiger partial charge in [-0.15, -0.1) is 11.3 Å². The highest BCUT2D eigenvalue weighted by atomic mass is 35.5. The topological polar surface area (TPSA) is 32.7 Å². The fourth-order valence-corrected chi connectivity index (χ4v) is 4.54. The molecule has 3 nitrogen and oxygen atoms in total. The minimum atomic E-state index is 0.0333. The number of benzene rings is 1. The predicted molar refractivity (Wildman–Crippen MR) is 110 cm³/mol. The third kappa shape index (κ3) is 4.35. The van der Waals surface area contributed by atoms with E-state index in [2.05, 4.69) is 31.0 Å². The van der Waals surface area contributed by atoms with E-state index in [1.54, 1.807) is 28.4 Å². The molecule has 0 unspecified atom stereocenters. The van der Waals surface area contributed by atoms with Gasteiger partial charge in [-0.25, -0.2) is 4.99 Å². The van der Waals surface area contributed by atoms with Crippen LogP contribution in [0.4, 0.5) is 5.69 Å². The summed E-state index contributed by atoms with van der Waals surface area (Å²) in [6.45, 7) is 4.87. The number of amides is 1. The average Bonchev–Trinajstić information content (AvgIpc) is 3.17. The van der Waals surface area contributed by atoms with Crippen molar-refractivity contribution in [2.45, 2.75) is 26.7 Å². The number of hydrogen-bond donors (Lipinski definition) is 0. The van der Waals surface area contributed by atoms with Crippen molar-refractivity contribution >= 4 is 57.5 Å². The van der Waals surface area contributed by atoms with E-state index in [9.17, 15) is 4.79 Å². The van der Waals surface area contributed by atoms with Gasteiger partial charge in [0.2, 0.25) is 0 Å². The largest absolute Gasteiger partial charge is 0.286 e. The van der Waals surface area contributed by atoms with E-state index in [1.807, 2.05) is 18.2 Å². The Morgan fingerprint density at radius 3 is 2.56 bits per heavy atom. The summed E-state index contributed by atoms with van der Waals surface area (Å²) in [4.78, 5) is 22.3. The average molecular weight is 391 g/mol. The lowest BCUT2D eigenvalue weighted by Crippen LogP contribution is -2.29. The van der Waals surface area contributed by atoms with E-state index in [4.69, 9.17) is 11.6 Å². The molecule has 2 heterocycles. The number of carbonyl (C=O) groups excluding carboxylic acids is 1. The van der Waals surface area contributed by atoms with Gasteiger partial charge in [0.1, 0.15) is 0 Å². The maximum Gasteiger partial charge on any atom is 0.266 e. The number of rotatable bonds is 5. The highest BCUT2D eigenvalue weighted by Crippen LogP contribution is 2.35. The summed E-state index contributed by atoms with van der Waals surface area (Å²) in [7, 11) is 0. The summed E-state index contributed by atoms with van der Waals surface area (Å²) < 4.78 is 0. The van der Waals surface area contributed by atoms with Crippen LogP contribution in [0.15, 0.2) is 46.3 Å². The van der Waals surface area contributed by atoms with Gasteiger partial charge in [-0.3, -0.25) is 9.69 Å². The SMILES string of the molecule is CCCN1C(=O)/C(=C/c2ccc(CC)s2)SC1=Nc1ccc(Cl)cc1. The number of thioether (sulfide) groups is 1. The van der Waals surface area contributed by atoms with Crippen LogP contribution in [0.5, 0.6) is 0 Å². The molecule has 0 radical (unpaired) electrons. The maximum atomic E-state index is 12.8. The minimum absolute atomic E-state index is 0.0333. The Bertz CT molecular complexity index is 824. The number of halogens is 1. The van der Waals surface area contributed by atoms with Crippen molar-refractivity contribution in [1.82, 2.24) is 4.90 Å². The maximum absolute atomic E-state index is 12.8. The van der Waals surface area contributed by atoms with Gasteiger partial charge in [0.15, 0.2) is 5.17 Å². The Morgan fingerprint density at radius 2 is 1.92 bits per heavy atom. The van der Waals surface area contributed by atoms with Crippen molar-refractivity contribution in [1.29, 1.82) is 0 Å². The third-order valence-corrected chi connectivity index (χ3v) is 6.13. The van der Waals surface area contributed by atoms with Crippen LogP contribution in [0.2, 0.25) is 5.02 Å². The second kappa shape index (κ2) is 8.21. The summed E-state index contributed by atoms with van der Waals surface area (Å²) in [5, 5.41) is 1.40. The molecular formula is C19H19ClN2OS2. The molecule has 130 valence electrons. The van der Waals surface area contributed by atoms with Crippen molar-refractivity contribution in [3.8, 4) is 0 Å². The fraction of sp³-hybridized carbons (Fsp3) is 0.263. The second-order valence-electron chi connectivity index (χ2n) is 5.60. The van der Waals surface area contributed by atoms with Crippen LogP contribution in [-0.4, -0.2) is 22.5 Å². The van der Waals surface area contributed by atoms with Crippen molar-refractivity contribution in [2.24, 2.45) is 4.99 Å². The molecule has 3 rings (SSSR count). The first-order chi connectivity index (χ1) is 12.1. The van der Waals surface area contributed by atoms with Gasteiger partial charge in [-0.2, -0.15) is 0 Å². The molecule has 1 aromatic heterocycles. The smallest absolute Gasteiger partial charge is 0.266 e. The van der Waals surface area contributed by atoms with Crippen molar-refractivity contribution in [3.05, 3.63) is 56.1 Å². The lowest BCUT2D eigenvalue weighted by Gasteiger charge is -2.13. The highest BCUT2D eigenvalue weighted by molar-refractivity contribution is 8.18.